The fourth-order valence-electron chi connectivity index (χ4n) is 1.39. The van der Waals surface area contributed by atoms with Gasteiger partial charge in [-0.05, 0) is 6.07 Å². The van der Waals surface area contributed by atoms with Gasteiger partial charge in [0.25, 0.3) is 0 Å². The molecule has 0 atom stereocenters. The van der Waals surface area contributed by atoms with Crippen molar-refractivity contribution in [3.05, 3.63) is 24.2 Å². The minimum absolute atomic E-state index is 0.193. The van der Waals surface area contributed by atoms with Crippen LogP contribution in [0.15, 0.2) is 23.0 Å². The Balaban J connectivity index is 2.18. The molecule has 0 bridgehead atoms. The molecular formula is C10H14N6O. The van der Waals surface area contributed by atoms with Gasteiger partial charge in [-0.3, -0.25) is 0 Å². The molecule has 0 saturated carbocycles. The van der Waals surface area contributed by atoms with Crippen LogP contribution in [-0.2, 0) is 6.54 Å². The molecule has 2 rings (SSSR count). The zero-order valence-electron chi connectivity index (χ0n) is 9.71. The van der Waals surface area contributed by atoms with E-state index in [1.807, 2.05) is 18.0 Å². The van der Waals surface area contributed by atoms with Crippen LogP contribution in [0.2, 0.25) is 0 Å². The van der Waals surface area contributed by atoms with Crippen molar-refractivity contribution in [1.82, 2.24) is 15.0 Å². The Morgan fingerprint density at radius 3 is 2.88 bits per heavy atom. The average Bonchev–Trinajstić information content (AvgIpc) is 2.81. The number of nitrogens with one attached hydrogen (secondary N) is 1. The molecule has 3 N–H and O–H groups in total. The molecule has 0 unspecified atom stereocenters. The first kappa shape index (κ1) is 11.2. The van der Waals surface area contributed by atoms with Gasteiger partial charge in [0.2, 0.25) is 17.8 Å². The van der Waals surface area contributed by atoms with E-state index in [1.165, 1.54) is 0 Å². The van der Waals surface area contributed by atoms with E-state index < -0.39 is 0 Å². The molecule has 17 heavy (non-hydrogen) atoms. The maximum Gasteiger partial charge on any atom is 0.231 e. The Morgan fingerprint density at radius 2 is 2.24 bits per heavy atom. The van der Waals surface area contributed by atoms with Gasteiger partial charge in [0.15, 0.2) is 0 Å². The van der Waals surface area contributed by atoms with Gasteiger partial charge < -0.3 is 20.4 Å². The number of hydrogen-bond acceptors (Lipinski definition) is 7. The SMILES string of the molecule is CNc1nc(N)nc(N(C)Cc2ccoc2)n1. The minimum Gasteiger partial charge on any atom is -0.472 e. The van der Waals surface area contributed by atoms with Gasteiger partial charge in [0, 0.05) is 26.2 Å². The van der Waals surface area contributed by atoms with Crippen LogP contribution in [0.3, 0.4) is 0 Å². The van der Waals surface area contributed by atoms with Crippen LogP contribution in [0.4, 0.5) is 17.8 Å². The number of anilines is 3. The first-order valence-corrected chi connectivity index (χ1v) is 5.10. The molecule has 0 fully saturated rings. The van der Waals surface area contributed by atoms with Crippen LogP contribution >= 0.6 is 0 Å². The molecule has 0 spiro atoms. The van der Waals surface area contributed by atoms with Gasteiger partial charge in [0.05, 0.1) is 12.5 Å². The van der Waals surface area contributed by atoms with Crippen LogP contribution in [0.25, 0.3) is 0 Å². The second-order valence-corrected chi connectivity index (χ2v) is 3.55. The molecule has 0 amide bonds. The lowest BCUT2D eigenvalue weighted by atomic mass is 10.3. The lowest BCUT2D eigenvalue weighted by molar-refractivity contribution is 0.563. The second kappa shape index (κ2) is 4.69. The summed E-state index contributed by atoms with van der Waals surface area (Å²) in [5.74, 6) is 1.16. The van der Waals surface area contributed by atoms with Crippen molar-refractivity contribution in [2.75, 3.05) is 30.0 Å². The van der Waals surface area contributed by atoms with E-state index in [2.05, 4.69) is 20.3 Å². The van der Waals surface area contributed by atoms with Crippen molar-refractivity contribution >= 4 is 17.8 Å². The molecule has 7 nitrogen and oxygen atoms in total. The summed E-state index contributed by atoms with van der Waals surface area (Å²) in [4.78, 5) is 14.1. The number of hydrogen-bond donors (Lipinski definition) is 2. The highest BCUT2D eigenvalue weighted by Gasteiger charge is 2.09. The fraction of sp³-hybridized carbons (Fsp3) is 0.300. The van der Waals surface area contributed by atoms with Crippen LogP contribution in [0.1, 0.15) is 5.56 Å². The Kier molecular flexibility index (Phi) is 3.08. The first-order valence-electron chi connectivity index (χ1n) is 5.10. The standard InChI is InChI=1S/C10H14N6O/c1-12-9-13-8(11)14-10(15-9)16(2)5-7-3-4-17-6-7/h3-4,6H,5H2,1-2H3,(H3,11,12,13,14,15). The van der Waals surface area contributed by atoms with Gasteiger partial charge in [0.1, 0.15) is 0 Å². The molecule has 0 aliphatic carbocycles. The van der Waals surface area contributed by atoms with Gasteiger partial charge in [-0.1, -0.05) is 0 Å². The van der Waals surface area contributed by atoms with Crippen molar-refractivity contribution in [3.8, 4) is 0 Å². The van der Waals surface area contributed by atoms with Crippen molar-refractivity contribution < 1.29 is 4.42 Å². The Hall–Kier alpha value is -2.31. The highest BCUT2D eigenvalue weighted by Crippen LogP contribution is 2.13. The van der Waals surface area contributed by atoms with E-state index in [4.69, 9.17) is 10.2 Å². The third-order valence-corrected chi connectivity index (χ3v) is 2.21. The summed E-state index contributed by atoms with van der Waals surface area (Å²) >= 11 is 0. The number of nitrogen functional groups attached to an aromatic ring is 1. The Morgan fingerprint density at radius 1 is 1.41 bits per heavy atom. The van der Waals surface area contributed by atoms with E-state index in [0.717, 1.165) is 5.56 Å². The topological polar surface area (TPSA) is 93.1 Å². The highest BCUT2D eigenvalue weighted by molar-refractivity contribution is 5.41. The molecule has 2 aromatic rings. The number of nitrogens with two attached hydrogens (primary N) is 1. The number of aromatic nitrogens is 3. The summed E-state index contributed by atoms with van der Waals surface area (Å²) in [5, 5.41) is 2.83. The maximum absolute atomic E-state index is 5.60. The summed E-state index contributed by atoms with van der Waals surface area (Å²) in [5.41, 5.74) is 6.64. The van der Waals surface area contributed by atoms with Gasteiger partial charge in [-0.25, -0.2) is 0 Å². The predicted molar refractivity (Wildman–Crippen MR) is 64.6 cm³/mol. The molecule has 0 aromatic carbocycles. The lowest BCUT2D eigenvalue weighted by Gasteiger charge is -2.16. The van der Waals surface area contributed by atoms with Crippen LogP contribution in [0.5, 0.6) is 0 Å². The van der Waals surface area contributed by atoms with Crippen molar-refractivity contribution in [2.45, 2.75) is 6.54 Å². The molecule has 0 aliphatic heterocycles. The summed E-state index contributed by atoms with van der Waals surface area (Å²) in [7, 11) is 3.61. The molecule has 0 saturated heterocycles. The summed E-state index contributed by atoms with van der Waals surface area (Å²) in [6.07, 6.45) is 3.31. The van der Waals surface area contributed by atoms with Gasteiger partial charge >= 0.3 is 0 Å². The number of rotatable bonds is 4. The molecule has 7 heteroatoms. The molecule has 0 radical (unpaired) electrons. The van der Waals surface area contributed by atoms with Gasteiger partial charge in [-0.15, -0.1) is 0 Å². The zero-order chi connectivity index (χ0) is 12.3. The maximum atomic E-state index is 5.60. The minimum atomic E-state index is 0.193. The molecule has 2 heterocycles. The van der Waals surface area contributed by atoms with E-state index >= 15 is 0 Å². The van der Waals surface area contributed by atoms with Crippen LogP contribution in [-0.4, -0.2) is 29.0 Å². The van der Waals surface area contributed by atoms with E-state index in [1.54, 1.807) is 19.6 Å². The normalized spacial score (nSPS) is 10.2. The van der Waals surface area contributed by atoms with E-state index in [-0.39, 0.29) is 5.95 Å². The first-order chi connectivity index (χ1) is 8.19. The van der Waals surface area contributed by atoms with E-state index in [0.29, 0.717) is 18.4 Å². The van der Waals surface area contributed by atoms with Crippen LogP contribution < -0.4 is 16.0 Å². The monoisotopic (exact) mass is 234 g/mol. The quantitative estimate of drug-likeness (QED) is 0.805. The van der Waals surface area contributed by atoms with Crippen LogP contribution in [0, 0.1) is 0 Å². The highest BCUT2D eigenvalue weighted by atomic mass is 16.3. The van der Waals surface area contributed by atoms with Crippen molar-refractivity contribution in [2.24, 2.45) is 0 Å². The third kappa shape index (κ3) is 2.63. The third-order valence-electron chi connectivity index (χ3n) is 2.21. The molecular weight excluding hydrogens is 220 g/mol. The van der Waals surface area contributed by atoms with Crippen molar-refractivity contribution in [3.63, 3.8) is 0 Å². The Labute approximate surface area is 98.7 Å². The lowest BCUT2D eigenvalue weighted by Crippen LogP contribution is -2.20. The summed E-state index contributed by atoms with van der Waals surface area (Å²) in [6, 6.07) is 1.89. The predicted octanol–water partition coefficient (Wildman–Crippen LogP) is 0.725. The zero-order valence-corrected chi connectivity index (χ0v) is 9.71. The number of furan rings is 1. The molecule has 2 aromatic heterocycles. The van der Waals surface area contributed by atoms with Crippen molar-refractivity contribution in [1.29, 1.82) is 0 Å². The summed E-state index contributed by atoms with van der Waals surface area (Å²) in [6.45, 7) is 0.642. The largest absolute Gasteiger partial charge is 0.472 e. The number of nitrogens with zero attached hydrogens (tertiary/aromatic N) is 4. The summed E-state index contributed by atoms with van der Waals surface area (Å²) < 4.78 is 5.00. The fourth-order valence-corrected chi connectivity index (χ4v) is 1.39. The molecule has 0 aliphatic rings. The Bertz CT molecular complexity index is 484. The molecule has 90 valence electrons. The second-order valence-electron chi connectivity index (χ2n) is 3.55. The average molecular weight is 234 g/mol. The van der Waals surface area contributed by atoms with Gasteiger partial charge in [-0.2, -0.15) is 15.0 Å². The van der Waals surface area contributed by atoms with E-state index in [9.17, 15) is 0 Å². The smallest absolute Gasteiger partial charge is 0.231 e.